The molecule has 234 valence electrons. The average molecular weight is 585 g/mol. The van der Waals surface area contributed by atoms with Crippen molar-refractivity contribution < 1.29 is 48.4 Å². The molecule has 0 bridgehead atoms. The summed E-state index contributed by atoms with van der Waals surface area (Å²) in [6.45, 7) is 2.70. The van der Waals surface area contributed by atoms with Gasteiger partial charge in [-0.25, -0.2) is 4.57 Å². The number of phosphoric acid groups is 1. The van der Waals surface area contributed by atoms with Crippen molar-refractivity contribution in [1.29, 1.82) is 0 Å². The van der Waals surface area contributed by atoms with Gasteiger partial charge in [-0.05, 0) is 6.42 Å². The first-order chi connectivity index (χ1) is 18.7. The third-order valence-electron chi connectivity index (χ3n) is 7.40. The summed E-state index contributed by atoms with van der Waals surface area (Å²) in [5, 5.41) is 39.2. The zero-order valence-corrected chi connectivity index (χ0v) is 25.2. The summed E-state index contributed by atoms with van der Waals surface area (Å²) in [5.74, 6) is 0. The molecule has 1 aliphatic carbocycles. The number of aliphatic hydroxyl groups excluding tert-OH is 4. The van der Waals surface area contributed by atoms with Gasteiger partial charge in [-0.2, -0.15) is 0 Å². The van der Waals surface area contributed by atoms with Crippen LogP contribution >= 0.6 is 7.82 Å². The Labute approximate surface area is 236 Å². The highest BCUT2D eigenvalue weighted by Crippen LogP contribution is 2.47. The maximum atomic E-state index is 12.3. The number of methoxy groups -OCH3 is 1. The Bertz CT molecular complexity index is 625. The molecule has 1 fully saturated rings. The number of hydrogen-bond acceptors (Lipinski definition) is 9. The first-order valence-corrected chi connectivity index (χ1v) is 16.7. The predicted octanol–water partition coefficient (Wildman–Crippen LogP) is 4.63. The van der Waals surface area contributed by atoms with Crippen LogP contribution in [0.15, 0.2) is 0 Å². The summed E-state index contributed by atoms with van der Waals surface area (Å²) in [6.07, 6.45) is 12.2. The van der Waals surface area contributed by atoms with Crippen LogP contribution in [0.25, 0.3) is 0 Å². The highest BCUT2D eigenvalue weighted by molar-refractivity contribution is 7.47. The second-order valence-electron chi connectivity index (χ2n) is 10.9. The van der Waals surface area contributed by atoms with E-state index in [-0.39, 0.29) is 19.6 Å². The van der Waals surface area contributed by atoms with E-state index in [2.05, 4.69) is 6.92 Å². The summed E-state index contributed by atoms with van der Waals surface area (Å²) in [6, 6.07) is 0. The van der Waals surface area contributed by atoms with Crippen molar-refractivity contribution in [3.05, 3.63) is 0 Å². The minimum absolute atomic E-state index is 0.175. The molecule has 0 saturated heterocycles. The molecule has 7 atom stereocenters. The van der Waals surface area contributed by atoms with Gasteiger partial charge in [-0.15, -0.1) is 0 Å². The van der Waals surface area contributed by atoms with Gasteiger partial charge in [-0.1, -0.05) is 103 Å². The lowest BCUT2D eigenvalue weighted by Gasteiger charge is -2.38. The highest BCUT2D eigenvalue weighted by Gasteiger charge is 2.46. The molecule has 0 spiro atoms. The second-order valence-corrected chi connectivity index (χ2v) is 12.3. The normalized spacial score (nSPS) is 26.0. The molecule has 0 aliphatic heterocycles. The quantitative estimate of drug-likeness (QED) is 0.0758. The van der Waals surface area contributed by atoms with Crippen molar-refractivity contribution in [2.75, 3.05) is 26.9 Å². The summed E-state index contributed by atoms with van der Waals surface area (Å²) in [4.78, 5) is 9.97. The van der Waals surface area contributed by atoms with E-state index in [1.165, 1.54) is 97.0 Å². The van der Waals surface area contributed by atoms with Gasteiger partial charge in [0.1, 0.15) is 24.4 Å². The lowest BCUT2D eigenvalue weighted by atomic mass is 9.87. The van der Waals surface area contributed by atoms with Crippen LogP contribution < -0.4 is 0 Å². The maximum Gasteiger partial charge on any atom is 0.472 e. The van der Waals surface area contributed by atoms with E-state index in [1.807, 2.05) is 0 Å². The molecule has 11 heteroatoms. The van der Waals surface area contributed by atoms with Crippen LogP contribution in [0.1, 0.15) is 116 Å². The zero-order valence-electron chi connectivity index (χ0n) is 24.3. The van der Waals surface area contributed by atoms with Crippen LogP contribution in [0.3, 0.4) is 0 Å². The standard InChI is InChI=1S/C28H57O10P/c1-3-4-5-6-7-8-9-10-11-12-13-14-15-16-17-18-19-36-21-23(35-2)22-37-39(33,34)38-28-25(30)20-24(29)26(31)27(28)32/h23-32H,3-22H2,1-2H3,(H,33,34)/t23-,24-,25-,26+,27-,28-/m1/s1. The van der Waals surface area contributed by atoms with Gasteiger partial charge in [0.25, 0.3) is 0 Å². The Hall–Kier alpha value is -0.130. The van der Waals surface area contributed by atoms with Crippen LogP contribution in [-0.4, -0.2) is 88.9 Å². The first-order valence-electron chi connectivity index (χ1n) is 15.2. The van der Waals surface area contributed by atoms with E-state index in [9.17, 15) is 29.9 Å². The van der Waals surface area contributed by atoms with Gasteiger partial charge in [-0.3, -0.25) is 9.05 Å². The Morgan fingerprint density at radius 2 is 1.21 bits per heavy atom. The summed E-state index contributed by atoms with van der Waals surface area (Å²) < 4.78 is 33.0. The minimum atomic E-state index is -4.68. The van der Waals surface area contributed by atoms with Crippen LogP contribution in [0.5, 0.6) is 0 Å². The molecule has 0 aromatic rings. The third kappa shape index (κ3) is 17.4. The molecule has 10 nitrogen and oxygen atoms in total. The van der Waals surface area contributed by atoms with Crippen molar-refractivity contribution in [2.45, 2.75) is 153 Å². The minimum Gasteiger partial charge on any atom is -0.390 e. The molecular weight excluding hydrogens is 527 g/mol. The van der Waals surface area contributed by atoms with Crippen molar-refractivity contribution in [1.82, 2.24) is 0 Å². The van der Waals surface area contributed by atoms with Gasteiger partial charge in [0.05, 0.1) is 25.4 Å². The van der Waals surface area contributed by atoms with Crippen molar-refractivity contribution in [3.8, 4) is 0 Å². The molecule has 39 heavy (non-hydrogen) atoms. The van der Waals surface area contributed by atoms with E-state index in [4.69, 9.17) is 18.5 Å². The molecule has 1 unspecified atom stereocenters. The van der Waals surface area contributed by atoms with Crippen LogP contribution in [0.4, 0.5) is 0 Å². The largest absolute Gasteiger partial charge is 0.472 e. The molecule has 0 radical (unpaired) electrons. The van der Waals surface area contributed by atoms with Crippen molar-refractivity contribution >= 4 is 7.82 Å². The Kier molecular flexibility index (Phi) is 21.3. The molecule has 1 aliphatic rings. The van der Waals surface area contributed by atoms with Gasteiger partial charge in [0.15, 0.2) is 0 Å². The van der Waals surface area contributed by atoms with Gasteiger partial charge in [0, 0.05) is 20.1 Å². The molecule has 1 saturated carbocycles. The molecule has 0 heterocycles. The Balaban J connectivity index is 2.00. The molecule has 1 rings (SSSR count). The van der Waals surface area contributed by atoms with Crippen LogP contribution in [0, 0.1) is 0 Å². The molecule has 0 aromatic carbocycles. The topological polar surface area (TPSA) is 155 Å². The van der Waals surface area contributed by atoms with Crippen LogP contribution in [0.2, 0.25) is 0 Å². The number of rotatable bonds is 25. The lowest BCUT2D eigenvalue weighted by Crippen LogP contribution is -2.56. The number of ether oxygens (including phenoxy) is 2. The highest BCUT2D eigenvalue weighted by atomic mass is 31.2. The lowest BCUT2D eigenvalue weighted by molar-refractivity contribution is -0.173. The van der Waals surface area contributed by atoms with E-state index in [0.29, 0.717) is 6.61 Å². The van der Waals surface area contributed by atoms with Gasteiger partial charge in [0.2, 0.25) is 0 Å². The fourth-order valence-electron chi connectivity index (χ4n) is 4.82. The van der Waals surface area contributed by atoms with Crippen molar-refractivity contribution in [3.63, 3.8) is 0 Å². The molecular formula is C28H57O10P. The van der Waals surface area contributed by atoms with E-state index >= 15 is 0 Å². The van der Waals surface area contributed by atoms with E-state index < -0.39 is 44.4 Å². The second kappa shape index (κ2) is 22.5. The Morgan fingerprint density at radius 3 is 1.69 bits per heavy atom. The smallest absolute Gasteiger partial charge is 0.390 e. The average Bonchev–Trinajstić information content (AvgIpc) is 2.91. The SMILES string of the molecule is CCCCCCCCCCCCCCCCCCOC[C@H](COP(=O)(O)O[C@H]1[C@H](O)[C@@H](O)[C@H](O)C[C@H]1O)OC. The Morgan fingerprint density at radius 1 is 0.718 bits per heavy atom. The zero-order chi connectivity index (χ0) is 28.9. The molecule has 0 amide bonds. The fraction of sp³-hybridized carbons (Fsp3) is 1.00. The maximum absolute atomic E-state index is 12.3. The third-order valence-corrected chi connectivity index (χ3v) is 8.39. The van der Waals surface area contributed by atoms with Gasteiger partial charge < -0.3 is 34.8 Å². The van der Waals surface area contributed by atoms with Crippen LogP contribution in [-0.2, 0) is 23.1 Å². The predicted molar refractivity (Wildman–Crippen MR) is 150 cm³/mol. The van der Waals surface area contributed by atoms with E-state index in [0.717, 1.165) is 12.8 Å². The molecule has 0 aromatic heterocycles. The van der Waals surface area contributed by atoms with Gasteiger partial charge >= 0.3 is 7.82 Å². The fourth-order valence-corrected chi connectivity index (χ4v) is 5.80. The monoisotopic (exact) mass is 584 g/mol. The summed E-state index contributed by atoms with van der Waals surface area (Å²) in [7, 11) is -3.24. The number of aliphatic hydroxyl groups is 4. The number of phosphoric ester groups is 1. The van der Waals surface area contributed by atoms with Crippen molar-refractivity contribution in [2.24, 2.45) is 0 Å². The van der Waals surface area contributed by atoms with E-state index in [1.54, 1.807) is 0 Å². The first kappa shape index (κ1) is 36.9. The summed E-state index contributed by atoms with van der Waals surface area (Å²) in [5.41, 5.74) is 0. The number of hydrogen-bond donors (Lipinski definition) is 5. The molecule has 5 N–H and O–H groups in total. The summed E-state index contributed by atoms with van der Waals surface area (Å²) >= 11 is 0. The number of unbranched alkanes of at least 4 members (excludes halogenated alkanes) is 15.